The molecule has 0 amide bonds. The second kappa shape index (κ2) is 7.65. The minimum atomic E-state index is 0.461. The average Bonchev–Trinajstić information content (AvgIpc) is 3.39. The summed E-state index contributed by atoms with van der Waals surface area (Å²) in [6, 6.07) is 8.75. The summed E-state index contributed by atoms with van der Waals surface area (Å²) >= 11 is 7.55. The van der Waals surface area contributed by atoms with Gasteiger partial charge in [0.25, 0.3) is 0 Å². The van der Waals surface area contributed by atoms with Gasteiger partial charge in [0.15, 0.2) is 10.6 Å². The van der Waals surface area contributed by atoms with Crippen molar-refractivity contribution in [2.24, 2.45) is 0 Å². The van der Waals surface area contributed by atoms with Crippen molar-refractivity contribution in [2.45, 2.75) is 32.1 Å². The topological polar surface area (TPSA) is 38.9 Å². The van der Waals surface area contributed by atoms with E-state index >= 15 is 0 Å². The van der Waals surface area contributed by atoms with Crippen LogP contribution in [-0.4, -0.2) is 30.8 Å². The zero-order valence-corrected chi connectivity index (χ0v) is 16.1. The van der Waals surface area contributed by atoms with Crippen molar-refractivity contribution in [2.75, 3.05) is 6.54 Å². The number of allylic oxidation sites excluding steroid dienone is 1. The number of aromatic nitrogens is 4. The lowest BCUT2D eigenvalue weighted by molar-refractivity contribution is 0.192. The van der Waals surface area contributed by atoms with E-state index in [1.807, 2.05) is 45.0 Å². The van der Waals surface area contributed by atoms with Crippen LogP contribution in [0.15, 0.2) is 54.7 Å². The van der Waals surface area contributed by atoms with Gasteiger partial charge in [0.2, 0.25) is 0 Å². The molecular formula is C19H21N5S2. The Kier molecular flexibility index (Phi) is 5.10. The van der Waals surface area contributed by atoms with E-state index in [0.717, 1.165) is 22.7 Å². The summed E-state index contributed by atoms with van der Waals surface area (Å²) in [5.41, 5.74) is 0.968. The van der Waals surface area contributed by atoms with Gasteiger partial charge in [-0.2, -0.15) is 5.10 Å². The van der Waals surface area contributed by atoms with Crippen LogP contribution < -0.4 is 0 Å². The maximum absolute atomic E-state index is 5.72. The van der Waals surface area contributed by atoms with Crippen molar-refractivity contribution in [3.8, 4) is 11.4 Å². The van der Waals surface area contributed by atoms with E-state index < -0.39 is 0 Å². The maximum Gasteiger partial charge on any atom is 0.199 e. The molecule has 3 aromatic heterocycles. The SMILES string of the molecule is C=CCn1c(-c2cccnc2)nn(CN2CCC[C@@H]2c2cccs2)c1=S. The van der Waals surface area contributed by atoms with Gasteiger partial charge in [-0.3, -0.25) is 14.5 Å². The highest BCUT2D eigenvalue weighted by atomic mass is 32.1. The van der Waals surface area contributed by atoms with Crippen molar-refractivity contribution in [1.29, 1.82) is 0 Å². The molecule has 1 saturated heterocycles. The molecule has 1 aliphatic heterocycles. The van der Waals surface area contributed by atoms with Gasteiger partial charge in [0.05, 0.1) is 6.67 Å². The van der Waals surface area contributed by atoms with Gasteiger partial charge in [0.1, 0.15) is 0 Å². The molecule has 0 bridgehead atoms. The molecule has 0 aromatic carbocycles. The number of nitrogens with zero attached hydrogens (tertiary/aromatic N) is 5. The van der Waals surface area contributed by atoms with Crippen LogP contribution in [0.1, 0.15) is 23.8 Å². The van der Waals surface area contributed by atoms with Crippen molar-refractivity contribution in [3.05, 3.63) is 64.3 Å². The summed E-state index contributed by atoms with van der Waals surface area (Å²) in [5.74, 6) is 0.842. The number of hydrogen-bond donors (Lipinski definition) is 0. The Morgan fingerprint density at radius 3 is 3.00 bits per heavy atom. The molecule has 4 heterocycles. The molecule has 26 heavy (non-hydrogen) atoms. The highest BCUT2D eigenvalue weighted by Crippen LogP contribution is 2.34. The number of pyridine rings is 1. The molecule has 4 rings (SSSR count). The first-order valence-electron chi connectivity index (χ1n) is 8.74. The van der Waals surface area contributed by atoms with Gasteiger partial charge in [-0.15, -0.1) is 17.9 Å². The third-order valence-corrected chi connectivity index (χ3v) is 6.11. The molecule has 0 spiro atoms. The fraction of sp³-hybridized carbons (Fsp3) is 0.316. The summed E-state index contributed by atoms with van der Waals surface area (Å²) in [6.07, 6.45) is 7.84. The number of likely N-dealkylation sites (tertiary alicyclic amines) is 1. The van der Waals surface area contributed by atoms with Gasteiger partial charge in [-0.1, -0.05) is 12.1 Å². The van der Waals surface area contributed by atoms with Crippen LogP contribution in [0.25, 0.3) is 11.4 Å². The minimum absolute atomic E-state index is 0.461. The van der Waals surface area contributed by atoms with Crippen molar-refractivity contribution in [1.82, 2.24) is 24.2 Å². The van der Waals surface area contributed by atoms with Crippen LogP contribution in [0.2, 0.25) is 0 Å². The van der Waals surface area contributed by atoms with Gasteiger partial charge in [-0.05, 0) is 48.6 Å². The van der Waals surface area contributed by atoms with Crippen LogP contribution in [0.3, 0.4) is 0 Å². The van der Waals surface area contributed by atoms with Crippen LogP contribution >= 0.6 is 23.6 Å². The van der Waals surface area contributed by atoms with Crippen molar-refractivity contribution in [3.63, 3.8) is 0 Å². The predicted molar refractivity (Wildman–Crippen MR) is 107 cm³/mol. The fourth-order valence-electron chi connectivity index (χ4n) is 3.51. The van der Waals surface area contributed by atoms with Gasteiger partial charge in [0, 0.05) is 42.0 Å². The molecule has 134 valence electrons. The molecule has 5 nitrogen and oxygen atoms in total. The van der Waals surface area contributed by atoms with Crippen molar-refractivity contribution >= 4 is 23.6 Å². The zero-order chi connectivity index (χ0) is 17.9. The molecule has 1 aliphatic rings. The monoisotopic (exact) mass is 383 g/mol. The summed E-state index contributed by atoms with van der Waals surface area (Å²) in [6.45, 7) is 6.28. The van der Waals surface area contributed by atoms with E-state index in [2.05, 4.69) is 34.0 Å². The summed E-state index contributed by atoms with van der Waals surface area (Å²) in [5, 5.41) is 6.98. The smallest absolute Gasteiger partial charge is 0.199 e. The molecule has 0 saturated carbocycles. The first kappa shape index (κ1) is 17.3. The molecule has 1 fully saturated rings. The van der Waals surface area contributed by atoms with Crippen LogP contribution in [-0.2, 0) is 13.2 Å². The zero-order valence-electron chi connectivity index (χ0n) is 14.5. The maximum atomic E-state index is 5.72. The van der Waals surface area contributed by atoms with Crippen LogP contribution in [0.5, 0.6) is 0 Å². The molecule has 0 unspecified atom stereocenters. The fourth-order valence-corrected chi connectivity index (χ4v) is 4.66. The minimum Gasteiger partial charge on any atom is -0.296 e. The Labute approximate surface area is 162 Å². The van der Waals surface area contributed by atoms with E-state index in [-0.39, 0.29) is 0 Å². The summed E-state index contributed by atoms with van der Waals surface area (Å²) in [4.78, 5) is 8.11. The molecule has 7 heteroatoms. The first-order chi connectivity index (χ1) is 12.8. The second-order valence-electron chi connectivity index (χ2n) is 6.37. The molecule has 0 aliphatic carbocycles. The third-order valence-electron chi connectivity index (χ3n) is 4.71. The lowest BCUT2D eigenvalue weighted by atomic mass is 10.2. The average molecular weight is 384 g/mol. The highest BCUT2D eigenvalue weighted by molar-refractivity contribution is 7.71. The quantitative estimate of drug-likeness (QED) is 0.463. The Bertz CT molecular complexity index is 927. The Morgan fingerprint density at radius 1 is 1.35 bits per heavy atom. The number of thiophene rings is 1. The van der Waals surface area contributed by atoms with E-state index in [4.69, 9.17) is 17.3 Å². The van der Waals surface area contributed by atoms with Gasteiger partial charge < -0.3 is 0 Å². The lowest BCUT2D eigenvalue weighted by Gasteiger charge is -2.23. The van der Waals surface area contributed by atoms with Crippen molar-refractivity contribution < 1.29 is 0 Å². The second-order valence-corrected chi connectivity index (χ2v) is 7.72. The molecule has 1 atom stereocenters. The van der Waals surface area contributed by atoms with Crippen LogP contribution in [0.4, 0.5) is 0 Å². The Hall–Kier alpha value is -2.09. The normalized spacial score (nSPS) is 17.6. The van der Waals surface area contributed by atoms with Gasteiger partial charge in [-0.25, -0.2) is 4.68 Å². The Morgan fingerprint density at radius 2 is 2.27 bits per heavy atom. The first-order valence-corrected chi connectivity index (χ1v) is 10.0. The van der Waals surface area contributed by atoms with Gasteiger partial charge >= 0.3 is 0 Å². The van der Waals surface area contributed by atoms with E-state index in [9.17, 15) is 0 Å². The molecule has 3 aromatic rings. The number of hydrogen-bond acceptors (Lipinski definition) is 5. The highest BCUT2D eigenvalue weighted by Gasteiger charge is 2.27. The third kappa shape index (κ3) is 3.30. The van der Waals surface area contributed by atoms with E-state index in [1.165, 1.54) is 17.7 Å². The Balaban J connectivity index is 1.67. The predicted octanol–water partition coefficient (Wildman–Crippen LogP) is 4.52. The molecular weight excluding hydrogens is 362 g/mol. The molecule has 0 radical (unpaired) electrons. The van der Waals surface area contributed by atoms with Crippen LogP contribution in [0, 0.1) is 4.77 Å². The van der Waals surface area contributed by atoms with E-state index in [0.29, 0.717) is 19.3 Å². The standard InChI is InChI=1S/C19H21N5S2/c1-2-10-23-18(15-6-3-9-20-13-15)21-24(19(23)25)14-22-11-4-7-16(22)17-8-5-12-26-17/h2-3,5-6,8-9,12-13,16H,1,4,7,10-11,14H2/t16-/m1/s1. The molecule has 0 N–H and O–H groups in total. The van der Waals surface area contributed by atoms with E-state index in [1.54, 1.807) is 6.20 Å². The summed E-state index contributed by atoms with van der Waals surface area (Å²) in [7, 11) is 0. The largest absolute Gasteiger partial charge is 0.296 e. The lowest BCUT2D eigenvalue weighted by Crippen LogP contribution is -2.26. The summed E-state index contributed by atoms with van der Waals surface area (Å²) < 4.78 is 4.68. The number of rotatable bonds is 6.